The van der Waals surface area contributed by atoms with Crippen molar-refractivity contribution in [2.45, 2.75) is 12.1 Å². The minimum Gasteiger partial charge on any atom is -0.373 e. The van der Waals surface area contributed by atoms with Gasteiger partial charge in [-0.25, -0.2) is 17.2 Å². The molecule has 5 nitrogen and oxygen atoms in total. The summed E-state index contributed by atoms with van der Waals surface area (Å²) in [5.74, 6) is -2.92. The van der Waals surface area contributed by atoms with E-state index in [0.29, 0.717) is 0 Å². The average Bonchev–Trinajstić information content (AvgIpc) is 2.74. The largest absolute Gasteiger partial charge is 0.373 e. The van der Waals surface area contributed by atoms with E-state index in [1.54, 1.807) is 0 Å². The minimum atomic E-state index is -3.25. The van der Waals surface area contributed by atoms with E-state index in [4.69, 9.17) is 4.74 Å². The van der Waals surface area contributed by atoms with E-state index < -0.39 is 39.5 Å². The van der Waals surface area contributed by atoms with Crippen molar-refractivity contribution in [3.63, 3.8) is 0 Å². The smallest absolute Gasteiger partial charge is 0.254 e. The standard InChI is InChI=1S/C13H13F2NO4S/c14-9-2-1-8(5-10(9)15)13(17)16-3-4-20-12-7-21(18,19)6-11(12)16/h1-2,5,11-12H,3-4,6-7H2. The molecule has 0 N–H and O–H groups in total. The van der Waals surface area contributed by atoms with Gasteiger partial charge in [-0.2, -0.15) is 0 Å². The van der Waals surface area contributed by atoms with Crippen LogP contribution in [0, 0.1) is 11.6 Å². The van der Waals surface area contributed by atoms with Crippen LogP contribution in [-0.2, 0) is 14.6 Å². The summed E-state index contributed by atoms with van der Waals surface area (Å²) in [4.78, 5) is 13.8. The highest BCUT2D eigenvalue weighted by Gasteiger charge is 2.45. The van der Waals surface area contributed by atoms with E-state index in [1.807, 2.05) is 0 Å². The third-order valence-corrected chi connectivity index (χ3v) is 5.45. The Morgan fingerprint density at radius 1 is 1.24 bits per heavy atom. The Hall–Kier alpha value is -1.54. The molecule has 2 unspecified atom stereocenters. The number of nitrogens with zero attached hydrogens (tertiary/aromatic N) is 1. The number of fused-ring (bicyclic) bond motifs is 1. The van der Waals surface area contributed by atoms with Crippen LogP contribution in [0.1, 0.15) is 10.4 Å². The van der Waals surface area contributed by atoms with Crippen LogP contribution in [0.2, 0.25) is 0 Å². The van der Waals surface area contributed by atoms with Crippen LogP contribution in [-0.4, -0.2) is 56.0 Å². The molecule has 2 aliphatic rings. The molecule has 0 spiro atoms. The molecule has 1 aromatic rings. The summed E-state index contributed by atoms with van der Waals surface area (Å²) in [7, 11) is -3.25. The number of hydrogen-bond donors (Lipinski definition) is 0. The maximum Gasteiger partial charge on any atom is 0.254 e. The number of benzene rings is 1. The Morgan fingerprint density at radius 2 is 2.00 bits per heavy atom. The van der Waals surface area contributed by atoms with Gasteiger partial charge in [-0.3, -0.25) is 4.79 Å². The molecule has 2 saturated heterocycles. The summed E-state index contributed by atoms with van der Waals surface area (Å²) in [6, 6.07) is 2.33. The second kappa shape index (κ2) is 5.03. The van der Waals surface area contributed by atoms with Gasteiger partial charge in [0.2, 0.25) is 0 Å². The van der Waals surface area contributed by atoms with E-state index in [1.165, 1.54) is 11.0 Å². The monoisotopic (exact) mass is 317 g/mol. The third kappa shape index (κ3) is 2.65. The Morgan fingerprint density at radius 3 is 2.71 bits per heavy atom. The van der Waals surface area contributed by atoms with E-state index in [-0.39, 0.29) is 30.2 Å². The predicted molar refractivity (Wildman–Crippen MR) is 69.6 cm³/mol. The van der Waals surface area contributed by atoms with E-state index in [0.717, 1.165) is 12.1 Å². The highest BCUT2D eigenvalue weighted by molar-refractivity contribution is 7.91. The van der Waals surface area contributed by atoms with Crippen molar-refractivity contribution < 1.29 is 26.7 Å². The number of morpholine rings is 1. The topological polar surface area (TPSA) is 63.7 Å². The molecule has 2 heterocycles. The first-order valence-corrected chi connectivity index (χ1v) is 8.27. The third-order valence-electron chi connectivity index (χ3n) is 3.76. The van der Waals surface area contributed by atoms with Gasteiger partial charge in [0.05, 0.1) is 30.3 Å². The molecule has 1 aromatic carbocycles. The number of rotatable bonds is 1. The van der Waals surface area contributed by atoms with Crippen molar-refractivity contribution in [3.8, 4) is 0 Å². The molecule has 3 rings (SSSR count). The van der Waals surface area contributed by atoms with Crippen molar-refractivity contribution in [2.75, 3.05) is 24.7 Å². The van der Waals surface area contributed by atoms with Gasteiger partial charge in [0.1, 0.15) is 0 Å². The van der Waals surface area contributed by atoms with Crippen LogP contribution in [0.15, 0.2) is 18.2 Å². The lowest BCUT2D eigenvalue weighted by atomic mass is 10.1. The summed E-state index contributed by atoms with van der Waals surface area (Å²) < 4.78 is 54.9. The Kier molecular flexibility index (Phi) is 3.45. The van der Waals surface area contributed by atoms with Gasteiger partial charge < -0.3 is 9.64 Å². The van der Waals surface area contributed by atoms with Crippen LogP contribution in [0.5, 0.6) is 0 Å². The van der Waals surface area contributed by atoms with Gasteiger partial charge >= 0.3 is 0 Å². The first-order chi connectivity index (χ1) is 9.87. The molecule has 2 aliphatic heterocycles. The van der Waals surface area contributed by atoms with E-state index >= 15 is 0 Å². The number of amides is 1. The molecule has 0 aromatic heterocycles. The first-order valence-electron chi connectivity index (χ1n) is 6.45. The minimum absolute atomic E-state index is 0.00107. The van der Waals surface area contributed by atoms with E-state index in [2.05, 4.69) is 0 Å². The summed E-state index contributed by atoms with van der Waals surface area (Å²) in [6.45, 7) is 0.459. The summed E-state index contributed by atoms with van der Waals surface area (Å²) in [6.07, 6.45) is -0.544. The number of ether oxygens (including phenoxy) is 1. The lowest BCUT2D eigenvalue weighted by molar-refractivity contribution is -0.0361. The van der Waals surface area contributed by atoms with Crippen LogP contribution < -0.4 is 0 Å². The molecule has 0 saturated carbocycles. The summed E-state index contributed by atoms with van der Waals surface area (Å²) >= 11 is 0. The predicted octanol–water partition coefficient (Wildman–Crippen LogP) is 0.603. The van der Waals surface area contributed by atoms with Gasteiger partial charge in [-0.05, 0) is 18.2 Å². The van der Waals surface area contributed by atoms with Gasteiger partial charge in [-0.15, -0.1) is 0 Å². The second-order valence-electron chi connectivity index (χ2n) is 5.18. The Bertz CT molecular complexity index is 691. The molecule has 21 heavy (non-hydrogen) atoms. The van der Waals surface area contributed by atoms with Crippen LogP contribution in [0.3, 0.4) is 0 Å². The van der Waals surface area contributed by atoms with Crippen LogP contribution >= 0.6 is 0 Å². The molecular formula is C13H13F2NO4S. The second-order valence-corrected chi connectivity index (χ2v) is 7.33. The van der Waals surface area contributed by atoms with Gasteiger partial charge in [-0.1, -0.05) is 0 Å². The Labute approximate surface area is 120 Å². The van der Waals surface area contributed by atoms with Gasteiger partial charge in [0.15, 0.2) is 21.5 Å². The first kappa shape index (κ1) is 14.4. The molecule has 114 valence electrons. The quantitative estimate of drug-likeness (QED) is 0.761. The zero-order valence-corrected chi connectivity index (χ0v) is 11.8. The van der Waals surface area contributed by atoms with Gasteiger partial charge in [0, 0.05) is 12.1 Å². The maximum atomic E-state index is 13.2. The summed E-state index contributed by atoms with van der Waals surface area (Å²) in [5.41, 5.74) is -0.00107. The lowest BCUT2D eigenvalue weighted by Gasteiger charge is -2.36. The molecular weight excluding hydrogens is 304 g/mol. The molecule has 2 atom stereocenters. The Balaban J connectivity index is 1.88. The SMILES string of the molecule is O=C(c1ccc(F)c(F)c1)N1CCOC2CS(=O)(=O)CC21. The zero-order valence-electron chi connectivity index (χ0n) is 11.0. The fourth-order valence-electron chi connectivity index (χ4n) is 2.76. The molecule has 8 heteroatoms. The fraction of sp³-hybridized carbons (Fsp3) is 0.462. The van der Waals surface area contributed by atoms with Crippen LogP contribution in [0.4, 0.5) is 8.78 Å². The molecule has 0 aliphatic carbocycles. The number of sulfone groups is 1. The normalized spacial score (nSPS) is 27.4. The van der Waals surface area contributed by atoms with Crippen LogP contribution in [0.25, 0.3) is 0 Å². The van der Waals surface area contributed by atoms with Crippen molar-refractivity contribution in [3.05, 3.63) is 35.4 Å². The molecule has 0 radical (unpaired) electrons. The van der Waals surface area contributed by atoms with Crippen molar-refractivity contribution in [1.82, 2.24) is 4.90 Å². The van der Waals surface area contributed by atoms with Gasteiger partial charge in [0.25, 0.3) is 5.91 Å². The average molecular weight is 317 g/mol. The van der Waals surface area contributed by atoms with Crippen molar-refractivity contribution in [1.29, 1.82) is 0 Å². The highest BCUT2D eigenvalue weighted by Crippen LogP contribution is 2.26. The molecule has 1 amide bonds. The lowest BCUT2D eigenvalue weighted by Crippen LogP contribution is -2.53. The number of hydrogen-bond acceptors (Lipinski definition) is 4. The fourth-order valence-corrected chi connectivity index (χ4v) is 4.63. The number of halogens is 2. The highest BCUT2D eigenvalue weighted by atomic mass is 32.2. The van der Waals surface area contributed by atoms with Crippen molar-refractivity contribution in [2.24, 2.45) is 0 Å². The number of carbonyl (C=O) groups excluding carboxylic acids is 1. The van der Waals surface area contributed by atoms with Crippen molar-refractivity contribution >= 4 is 15.7 Å². The zero-order chi connectivity index (χ0) is 15.2. The molecule has 2 fully saturated rings. The number of carbonyl (C=O) groups is 1. The van der Waals surface area contributed by atoms with E-state index in [9.17, 15) is 22.0 Å². The molecule has 0 bridgehead atoms. The summed E-state index contributed by atoms with van der Waals surface area (Å²) in [5, 5.41) is 0. The maximum absolute atomic E-state index is 13.2.